The lowest BCUT2D eigenvalue weighted by molar-refractivity contribution is 0.395. The van der Waals surface area contributed by atoms with Crippen molar-refractivity contribution in [1.29, 1.82) is 0 Å². The van der Waals surface area contributed by atoms with Crippen LogP contribution >= 0.6 is 11.8 Å². The average molecular weight is 474 g/mol. The maximum absolute atomic E-state index is 5.50. The number of aromatic nitrogens is 5. The lowest BCUT2D eigenvalue weighted by Gasteiger charge is -2.09. The smallest absolute Gasteiger partial charge is 0.209 e. The highest BCUT2D eigenvalue weighted by molar-refractivity contribution is 7.98. The fourth-order valence-electron chi connectivity index (χ4n) is 3.75. The molecule has 172 valence electrons. The van der Waals surface area contributed by atoms with E-state index in [9.17, 15) is 0 Å². The van der Waals surface area contributed by atoms with Gasteiger partial charge < -0.3 is 14.2 Å². The number of ether oxygens (including phenoxy) is 3. The third kappa shape index (κ3) is 4.17. The van der Waals surface area contributed by atoms with Crippen molar-refractivity contribution in [2.75, 3.05) is 21.3 Å². The van der Waals surface area contributed by atoms with E-state index in [0.717, 1.165) is 33.9 Å². The summed E-state index contributed by atoms with van der Waals surface area (Å²) in [6.45, 7) is 0. The van der Waals surface area contributed by atoms with Crippen molar-refractivity contribution in [2.24, 2.45) is 0 Å². The molecule has 1 N–H and O–H groups in total. The van der Waals surface area contributed by atoms with Gasteiger partial charge in [-0.1, -0.05) is 23.9 Å². The van der Waals surface area contributed by atoms with Gasteiger partial charge in [-0.15, -0.1) is 5.10 Å². The molecule has 0 aliphatic rings. The van der Waals surface area contributed by atoms with Crippen molar-refractivity contribution in [2.45, 2.75) is 10.9 Å². The van der Waals surface area contributed by atoms with Crippen LogP contribution in [0.25, 0.3) is 28.1 Å². The summed E-state index contributed by atoms with van der Waals surface area (Å²) in [7, 11) is 4.90. The minimum absolute atomic E-state index is 0.595. The van der Waals surface area contributed by atoms with Crippen molar-refractivity contribution in [3.8, 4) is 34.3 Å². The number of benzene rings is 3. The SMILES string of the molecule is COc1ccc(-n2c(CSc3n[nH]c(-c4ccc(OC)cc4OC)n3)nc3ccccc32)cc1. The third-order valence-corrected chi connectivity index (χ3v) is 6.26. The average Bonchev–Trinajstić information content (AvgIpc) is 3.51. The van der Waals surface area contributed by atoms with E-state index in [-0.39, 0.29) is 0 Å². The van der Waals surface area contributed by atoms with Crippen LogP contribution in [0.2, 0.25) is 0 Å². The highest BCUT2D eigenvalue weighted by Crippen LogP contribution is 2.33. The predicted octanol–water partition coefficient (Wildman–Crippen LogP) is 5.13. The van der Waals surface area contributed by atoms with E-state index < -0.39 is 0 Å². The van der Waals surface area contributed by atoms with Crippen molar-refractivity contribution in [1.82, 2.24) is 24.7 Å². The van der Waals surface area contributed by atoms with Gasteiger partial charge in [-0.3, -0.25) is 9.67 Å². The molecule has 3 aromatic carbocycles. The van der Waals surface area contributed by atoms with Gasteiger partial charge in [0.15, 0.2) is 5.82 Å². The van der Waals surface area contributed by atoms with Gasteiger partial charge in [-0.05, 0) is 48.5 Å². The summed E-state index contributed by atoms with van der Waals surface area (Å²) < 4.78 is 18.2. The number of nitrogens with zero attached hydrogens (tertiary/aromatic N) is 4. The second-order valence-corrected chi connectivity index (χ2v) is 8.31. The molecule has 0 aliphatic carbocycles. The van der Waals surface area contributed by atoms with Gasteiger partial charge in [0, 0.05) is 11.8 Å². The number of fused-ring (bicyclic) bond motifs is 1. The summed E-state index contributed by atoms with van der Waals surface area (Å²) >= 11 is 1.51. The quantitative estimate of drug-likeness (QED) is 0.313. The molecule has 8 nitrogen and oxygen atoms in total. The Morgan fingerprint density at radius 3 is 2.38 bits per heavy atom. The van der Waals surface area contributed by atoms with Crippen molar-refractivity contribution in [3.63, 3.8) is 0 Å². The molecule has 0 spiro atoms. The van der Waals surface area contributed by atoms with E-state index in [0.29, 0.717) is 28.2 Å². The summed E-state index contributed by atoms with van der Waals surface area (Å²) in [5.41, 5.74) is 3.81. The molecule has 0 unspecified atom stereocenters. The van der Waals surface area contributed by atoms with Crippen LogP contribution in [-0.2, 0) is 5.75 Å². The van der Waals surface area contributed by atoms with Crippen LogP contribution in [0, 0.1) is 0 Å². The first-order valence-corrected chi connectivity index (χ1v) is 11.6. The van der Waals surface area contributed by atoms with Gasteiger partial charge in [0.25, 0.3) is 0 Å². The minimum atomic E-state index is 0.595. The van der Waals surface area contributed by atoms with Crippen LogP contribution in [0.5, 0.6) is 17.2 Å². The van der Waals surface area contributed by atoms with Crippen molar-refractivity contribution >= 4 is 22.8 Å². The molecular formula is C25H23N5O3S. The number of nitrogens with one attached hydrogen (secondary N) is 1. The topological polar surface area (TPSA) is 87.1 Å². The Morgan fingerprint density at radius 1 is 0.853 bits per heavy atom. The van der Waals surface area contributed by atoms with E-state index in [1.807, 2.05) is 60.7 Å². The number of rotatable bonds is 8. The highest BCUT2D eigenvalue weighted by Gasteiger charge is 2.16. The van der Waals surface area contributed by atoms with Crippen LogP contribution in [0.15, 0.2) is 71.9 Å². The standard InChI is InChI=1S/C25H23N5O3S/c1-31-17-10-8-16(9-11-17)30-21-7-5-4-6-20(21)26-23(30)15-34-25-27-24(28-29-25)19-13-12-18(32-2)14-22(19)33-3/h4-14H,15H2,1-3H3,(H,27,28,29). The summed E-state index contributed by atoms with van der Waals surface area (Å²) in [5, 5.41) is 8.03. The van der Waals surface area contributed by atoms with Gasteiger partial charge in [-0.25, -0.2) is 9.97 Å². The Morgan fingerprint density at radius 2 is 1.62 bits per heavy atom. The Bertz CT molecular complexity index is 1430. The first-order chi connectivity index (χ1) is 16.7. The van der Waals surface area contributed by atoms with E-state index >= 15 is 0 Å². The third-order valence-electron chi connectivity index (χ3n) is 5.42. The fourth-order valence-corrected chi connectivity index (χ4v) is 4.46. The molecule has 34 heavy (non-hydrogen) atoms. The molecule has 5 rings (SSSR count). The van der Waals surface area contributed by atoms with Gasteiger partial charge in [-0.2, -0.15) is 0 Å². The normalized spacial score (nSPS) is 11.0. The van der Waals surface area contributed by atoms with E-state index in [1.165, 1.54) is 11.8 Å². The number of para-hydroxylation sites is 2. The lowest BCUT2D eigenvalue weighted by atomic mass is 10.2. The molecule has 2 heterocycles. The molecule has 2 aromatic heterocycles. The number of hydrogen-bond acceptors (Lipinski definition) is 7. The zero-order valence-corrected chi connectivity index (χ0v) is 19.8. The maximum Gasteiger partial charge on any atom is 0.209 e. The zero-order chi connectivity index (χ0) is 23.5. The van der Waals surface area contributed by atoms with Crippen LogP contribution in [0.1, 0.15) is 5.82 Å². The molecule has 0 aliphatic heterocycles. The summed E-state index contributed by atoms with van der Waals surface area (Å²) in [4.78, 5) is 9.53. The van der Waals surface area contributed by atoms with Gasteiger partial charge in [0.05, 0.1) is 43.7 Å². The molecule has 5 aromatic rings. The maximum atomic E-state index is 5.50. The molecule has 0 fully saturated rings. The Balaban J connectivity index is 1.43. The summed E-state index contributed by atoms with van der Waals surface area (Å²) in [5.74, 6) is 4.32. The van der Waals surface area contributed by atoms with Gasteiger partial charge in [0.2, 0.25) is 5.16 Å². The molecule has 0 bridgehead atoms. The van der Waals surface area contributed by atoms with Crippen LogP contribution in [0.3, 0.4) is 0 Å². The number of aromatic amines is 1. The number of methoxy groups -OCH3 is 3. The number of H-pyrrole nitrogens is 1. The highest BCUT2D eigenvalue weighted by atomic mass is 32.2. The molecule has 0 saturated carbocycles. The first kappa shape index (κ1) is 21.8. The Labute approximate surface area is 200 Å². The largest absolute Gasteiger partial charge is 0.497 e. The Kier molecular flexibility index (Phi) is 6.09. The van der Waals surface area contributed by atoms with Gasteiger partial charge in [0.1, 0.15) is 23.1 Å². The van der Waals surface area contributed by atoms with Crippen LogP contribution < -0.4 is 14.2 Å². The number of thioether (sulfide) groups is 1. The zero-order valence-electron chi connectivity index (χ0n) is 19.0. The second kappa shape index (κ2) is 9.48. The molecular weight excluding hydrogens is 450 g/mol. The first-order valence-electron chi connectivity index (χ1n) is 10.6. The molecule has 0 radical (unpaired) electrons. The van der Waals surface area contributed by atoms with E-state index in [1.54, 1.807) is 21.3 Å². The summed E-state index contributed by atoms with van der Waals surface area (Å²) in [6, 6.07) is 21.6. The number of hydrogen-bond donors (Lipinski definition) is 1. The predicted molar refractivity (Wildman–Crippen MR) is 132 cm³/mol. The fraction of sp³-hybridized carbons (Fsp3) is 0.160. The van der Waals surface area contributed by atoms with E-state index in [2.05, 4.69) is 25.8 Å². The lowest BCUT2D eigenvalue weighted by Crippen LogP contribution is -2.00. The van der Waals surface area contributed by atoms with Crippen molar-refractivity contribution in [3.05, 3.63) is 72.6 Å². The molecule has 0 saturated heterocycles. The van der Waals surface area contributed by atoms with E-state index in [4.69, 9.17) is 19.2 Å². The summed E-state index contributed by atoms with van der Waals surface area (Å²) in [6.07, 6.45) is 0. The minimum Gasteiger partial charge on any atom is -0.497 e. The Hall–Kier alpha value is -3.98. The van der Waals surface area contributed by atoms with Crippen molar-refractivity contribution < 1.29 is 14.2 Å². The molecule has 0 amide bonds. The second-order valence-electron chi connectivity index (χ2n) is 7.37. The molecule has 0 atom stereocenters. The van der Waals surface area contributed by atoms with Crippen LogP contribution in [0.4, 0.5) is 0 Å². The monoisotopic (exact) mass is 473 g/mol. The number of imidazole rings is 1. The van der Waals surface area contributed by atoms with Gasteiger partial charge >= 0.3 is 0 Å². The molecule has 9 heteroatoms. The van der Waals surface area contributed by atoms with Crippen LogP contribution in [-0.4, -0.2) is 46.1 Å².